The molecule has 35 heavy (non-hydrogen) atoms. The van der Waals surface area contributed by atoms with Crippen LogP contribution < -0.4 is 20.1 Å². The molecule has 7 heteroatoms. The van der Waals surface area contributed by atoms with Crippen LogP contribution in [0, 0.1) is 0 Å². The molecular formula is C28H30N2O5. The van der Waals surface area contributed by atoms with Crippen molar-refractivity contribution in [3.63, 3.8) is 0 Å². The number of hydrogen-bond donors (Lipinski definition) is 2. The SMILES string of the molecule is CC(NC(=O)[C@H](Cc1ccccc1)NC(=O)OCc1ccccc1)c1ccc2c(c1)OCCCO2. The molecule has 1 heterocycles. The highest BCUT2D eigenvalue weighted by atomic mass is 16.5. The van der Waals surface area contributed by atoms with E-state index < -0.39 is 12.1 Å². The molecule has 2 atom stereocenters. The van der Waals surface area contributed by atoms with Gasteiger partial charge in [0.25, 0.3) is 0 Å². The number of hydrogen-bond acceptors (Lipinski definition) is 5. The van der Waals surface area contributed by atoms with Gasteiger partial charge >= 0.3 is 6.09 Å². The fraction of sp³-hybridized carbons (Fsp3) is 0.286. The summed E-state index contributed by atoms with van der Waals surface area (Å²) in [7, 11) is 0. The maximum Gasteiger partial charge on any atom is 0.408 e. The van der Waals surface area contributed by atoms with Gasteiger partial charge in [-0.15, -0.1) is 0 Å². The normalized spacial score (nSPS) is 14.2. The lowest BCUT2D eigenvalue weighted by molar-refractivity contribution is -0.123. The van der Waals surface area contributed by atoms with E-state index >= 15 is 0 Å². The Labute approximate surface area is 205 Å². The van der Waals surface area contributed by atoms with Crippen molar-refractivity contribution in [2.24, 2.45) is 0 Å². The van der Waals surface area contributed by atoms with Crippen molar-refractivity contribution in [3.8, 4) is 11.5 Å². The van der Waals surface area contributed by atoms with Gasteiger partial charge in [0.15, 0.2) is 11.5 Å². The fourth-order valence-electron chi connectivity index (χ4n) is 3.81. The first kappa shape index (κ1) is 24.1. The lowest BCUT2D eigenvalue weighted by Gasteiger charge is -2.22. The maximum atomic E-state index is 13.2. The van der Waals surface area contributed by atoms with Crippen LogP contribution in [0.1, 0.15) is 36.1 Å². The van der Waals surface area contributed by atoms with E-state index in [2.05, 4.69) is 10.6 Å². The minimum Gasteiger partial charge on any atom is -0.490 e. The van der Waals surface area contributed by atoms with E-state index in [1.165, 1.54) is 0 Å². The standard InChI is InChI=1S/C28H30N2O5/c1-20(23-13-14-25-26(18-23)34-16-8-15-33-25)29-27(31)24(17-21-9-4-2-5-10-21)30-28(32)35-19-22-11-6-3-7-12-22/h2-7,9-14,18,20,24H,8,15-17,19H2,1H3,(H,29,31)(H,30,32)/t20?,24-/m0/s1. The van der Waals surface area contributed by atoms with E-state index in [0.717, 1.165) is 23.1 Å². The highest BCUT2D eigenvalue weighted by Crippen LogP contribution is 2.32. The highest BCUT2D eigenvalue weighted by molar-refractivity contribution is 5.86. The topological polar surface area (TPSA) is 85.9 Å². The third-order valence-electron chi connectivity index (χ3n) is 5.73. The van der Waals surface area contributed by atoms with Crippen LogP contribution >= 0.6 is 0 Å². The van der Waals surface area contributed by atoms with Crippen molar-refractivity contribution in [2.75, 3.05) is 13.2 Å². The van der Waals surface area contributed by atoms with Crippen LogP contribution in [0.15, 0.2) is 78.9 Å². The minimum atomic E-state index is -0.802. The molecule has 0 saturated carbocycles. The van der Waals surface area contributed by atoms with Crippen LogP contribution in [0.25, 0.3) is 0 Å². The Hall–Kier alpha value is -4.00. The number of fused-ring (bicyclic) bond motifs is 1. The zero-order valence-corrected chi connectivity index (χ0v) is 19.7. The average molecular weight is 475 g/mol. The largest absolute Gasteiger partial charge is 0.490 e. The molecule has 182 valence electrons. The van der Waals surface area contributed by atoms with Crippen LogP contribution in [0.3, 0.4) is 0 Å². The maximum absolute atomic E-state index is 13.2. The lowest BCUT2D eigenvalue weighted by Crippen LogP contribution is -2.48. The summed E-state index contributed by atoms with van der Waals surface area (Å²) in [5, 5.41) is 5.75. The summed E-state index contributed by atoms with van der Waals surface area (Å²) in [5.74, 6) is 1.07. The zero-order valence-electron chi connectivity index (χ0n) is 19.7. The van der Waals surface area contributed by atoms with Gasteiger partial charge < -0.3 is 24.8 Å². The molecule has 0 spiro atoms. The van der Waals surface area contributed by atoms with Gasteiger partial charge in [0, 0.05) is 12.8 Å². The summed E-state index contributed by atoms with van der Waals surface area (Å²) < 4.78 is 16.8. The number of rotatable bonds is 8. The number of carbonyl (C=O) groups is 2. The number of benzene rings is 3. The molecule has 1 unspecified atom stereocenters. The molecule has 1 aliphatic heterocycles. The van der Waals surface area contributed by atoms with E-state index in [9.17, 15) is 9.59 Å². The quantitative estimate of drug-likeness (QED) is 0.500. The Morgan fingerprint density at radius 2 is 1.51 bits per heavy atom. The van der Waals surface area contributed by atoms with Gasteiger partial charge in [-0.25, -0.2) is 4.79 Å². The molecule has 0 bridgehead atoms. The first-order valence-electron chi connectivity index (χ1n) is 11.8. The van der Waals surface area contributed by atoms with Crippen molar-refractivity contribution in [1.29, 1.82) is 0 Å². The number of amides is 2. The van der Waals surface area contributed by atoms with E-state index in [0.29, 0.717) is 31.1 Å². The van der Waals surface area contributed by atoms with E-state index in [-0.39, 0.29) is 18.6 Å². The Bertz CT molecular complexity index is 1120. The fourth-order valence-corrected chi connectivity index (χ4v) is 3.81. The second-order valence-corrected chi connectivity index (χ2v) is 8.44. The molecule has 0 saturated heterocycles. The molecule has 0 fully saturated rings. The molecule has 0 aromatic heterocycles. The zero-order chi connectivity index (χ0) is 24.5. The molecule has 2 amide bonds. The molecule has 7 nitrogen and oxygen atoms in total. The van der Waals surface area contributed by atoms with Gasteiger partial charge in [-0.1, -0.05) is 66.7 Å². The Morgan fingerprint density at radius 1 is 0.857 bits per heavy atom. The number of ether oxygens (including phenoxy) is 3. The number of alkyl carbamates (subject to hydrolysis) is 1. The van der Waals surface area contributed by atoms with Crippen molar-refractivity contribution in [1.82, 2.24) is 10.6 Å². The van der Waals surface area contributed by atoms with Gasteiger partial charge in [-0.3, -0.25) is 4.79 Å². The highest BCUT2D eigenvalue weighted by Gasteiger charge is 2.24. The molecule has 2 N–H and O–H groups in total. The lowest BCUT2D eigenvalue weighted by atomic mass is 10.0. The summed E-state index contributed by atoms with van der Waals surface area (Å²) in [6, 6.07) is 23.5. The number of carbonyl (C=O) groups excluding carboxylic acids is 2. The van der Waals surface area contributed by atoms with Crippen LogP contribution in [-0.2, 0) is 22.6 Å². The average Bonchev–Trinajstić information content (AvgIpc) is 3.13. The predicted molar refractivity (Wildman–Crippen MR) is 132 cm³/mol. The summed E-state index contributed by atoms with van der Waals surface area (Å²) in [4.78, 5) is 25.8. The molecule has 4 rings (SSSR count). The summed E-state index contributed by atoms with van der Waals surface area (Å²) in [6.07, 6.45) is 0.512. The summed E-state index contributed by atoms with van der Waals surface area (Å²) >= 11 is 0. The van der Waals surface area contributed by atoms with E-state index in [1.54, 1.807) is 0 Å². The Kier molecular flexibility index (Phi) is 8.22. The van der Waals surface area contributed by atoms with Crippen LogP contribution in [0.2, 0.25) is 0 Å². The first-order chi connectivity index (χ1) is 17.1. The Morgan fingerprint density at radius 3 is 2.23 bits per heavy atom. The second kappa shape index (κ2) is 11.9. The van der Waals surface area contributed by atoms with Crippen molar-refractivity contribution < 1.29 is 23.8 Å². The summed E-state index contributed by atoms with van der Waals surface area (Å²) in [6.45, 7) is 3.22. The van der Waals surface area contributed by atoms with Gasteiger partial charge in [-0.2, -0.15) is 0 Å². The smallest absolute Gasteiger partial charge is 0.408 e. The molecular weight excluding hydrogens is 444 g/mol. The number of nitrogens with one attached hydrogen (secondary N) is 2. The second-order valence-electron chi connectivity index (χ2n) is 8.44. The third kappa shape index (κ3) is 6.99. The van der Waals surface area contributed by atoms with E-state index in [4.69, 9.17) is 14.2 Å². The van der Waals surface area contributed by atoms with Crippen molar-refractivity contribution in [3.05, 3.63) is 95.6 Å². The van der Waals surface area contributed by atoms with Crippen molar-refractivity contribution in [2.45, 2.75) is 38.5 Å². The summed E-state index contributed by atoms with van der Waals surface area (Å²) in [5.41, 5.74) is 2.68. The molecule has 1 aliphatic rings. The molecule has 3 aromatic rings. The monoisotopic (exact) mass is 474 g/mol. The van der Waals surface area contributed by atoms with Crippen molar-refractivity contribution >= 4 is 12.0 Å². The first-order valence-corrected chi connectivity index (χ1v) is 11.8. The Balaban J connectivity index is 1.42. The van der Waals surface area contributed by atoms with Crippen LogP contribution in [0.5, 0.6) is 11.5 Å². The van der Waals surface area contributed by atoms with Crippen LogP contribution in [-0.4, -0.2) is 31.3 Å². The van der Waals surface area contributed by atoms with E-state index in [1.807, 2.05) is 85.8 Å². The minimum absolute atomic E-state index is 0.125. The predicted octanol–water partition coefficient (Wildman–Crippen LogP) is 4.56. The van der Waals surface area contributed by atoms with Gasteiger partial charge in [0.2, 0.25) is 5.91 Å². The van der Waals surface area contributed by atoms with Gasteiger partial charge in [-0.05, 0) is 35.7 Å². The van der Waals surface area contributed by atoms with Gasteiger partial charge in [0.1, 0.15) is 12.6 Å². The third-order valence-corrected chi connectivity index (χ3v) is 5.73. The molecule has 0 radical (unpaired) electrons. The van der Waals surface area contributed by atoms with Crippen LogP contribution in [0.4, 0.5) is 4.79 Å². The molecule has 0 aliphatic carbocycles. The van der Waals surface area contributed by atoms with Gasteiger partial charge in [0.05, 0.1) is 19.3 Å². The molecule has 3 aromatic carbocycles.